The van der Waals surface area contributed by atoms with Gasteiger partial charge in [0.1, 0.15) is 5.75 Å². The van der Waals surface area contributed by atoms with Crippen molar-refractivity contribution in [1.82, 2.24) is 0 Å². The Bertz CT molecular complexity index is 361. The van der Waals surface area contributed by atoms with Crippen molar-refractivity contribution in [3.63, 3.8) is 0 Å². The van der Waals surface area contributed by atoms with Gasteiger partial charge in [-0.05, 0) is 48.8 Å². The van der Waals surface area contributed by atoms with Crippen LogP contribution in [0.3, 0.4) is 0 Å². The molecule has 0 amide bonds. The summed E-state index contributed by atoms with van der Waals surface area (Å²) in [5.74, 6) is 0.940. The summed E-state index contributed by atoms with van der Waals surface area (Å²) >= 11 is 0. The molecule has 16 heavy (non-hydrogen) atoms. The van der Waals surface area contributed by atoms with Gasteiger partial charge in [0.2, 0.25) is 0 Å². The van der Waals surface area contributed by atoms with E-state index in [9.17, 15) is 5.11 Å². The predicted molar refractivity (Wildman–Crippen MR) is 64.8 cm³/mol. The minimum atomic E-state index is 0.168. The molecule has 1 aliphatic carbocycles. The second-order valence-electron chi connectivity index (χ2n) is 4.99. The van der Waals surface area contributed by atoms with Crippen LogP contribution in [0, 0.1) is 12.3 Å². The molecule has 88 valence electrons. The van der Waals surface area contributed by atoms with Crippen molar-refractivity contribution in [2.75, 3.05) is 13.7 Å². The molecule has 1 aliphatic rings. The lowest BCUT2D eigenvalue weighted by atomic mass is 9.66. The molecule has 0 spiro atoms. The second kappa shape index (κ2) is 4.46. The van der Waals surface area contributed by atoms with E-state index in [4.69, 9.17) is 4.74 Å². The van der Waals surface area contributed by atoms with Crippen LogP contribution in [-0.2, 0) is 6.42 Å². The summed E-state index contributed by atoms with van der Waals surface area (Å²) in [6.07, 6.45) is 4.58. The fourth-order valence-electron chi connectivity index (χ4n) is 2.55. The smallest absolute Gasteiger partial charge is 0.121 e. The molecule has 0 atom stereocenters. The Morgan fingerprint density at radius 2 is 2.12 bits per heavy atom. The van der Waals surface area contributed by atoms with Crippen LogP contribution in [0.15, 0.2) is 18.2 Å². The van der Waals surface area contributed by atoms with Crippen LogP contribution < -0.4 is 4.74 Å². The largest absolute Gasteiger partial charge is 0.496 e. The summed E-state index contributed by atoms with van der Waals surface area (Å²) in [7, 11) is 1.70. The lowest BCUT2D eigenvalue weighted by Crippen LogP contribution is -2.35. The molecule has 2 rings (SSSR count). The number of aryl methyl sites for hydroxylation is 1. The van der Waals surface area contributed by atoms with Crippen LogP contribution in [0.5, 0.6) is 5.75 Å². The number of ether oxygens (including phenoxy) is 1. The molecule has 1 N–H and O–H groups in total. The molecule has 1 aromatic carbocycles. The molecule has 1 fully saturated rings. The Morgan fingerprint density at radius 3 is 2.56 bits per heavy atom. The number of methoxy groups -OCH3 is 1. The number of aliphatic hydroxyl groups excluding tert-OH is 1. The summed E-state index contributed by atoms with van der Waals surface area (Å²) in [4.78, 5) is 0. The molecule has 0 saturated heterocycles. The van der Waals surface area contributed by atoms with Gasteiger partial charge in [0.05, 0.1) is 7.11 Å². The van der Waals surface area contributed by atoms with Crippen LogP contribution in [0.4, 0.5) is 0 Å². The minimum absolute atomic E-state index is 0.168. The highest BCUT2D eigenvalue weighted by atomic mass is 16.5. The molecule has 1 aromatic rings. The maximum absolute atomic E-state index is 9.44. The summed E-state index contributed by atoms with van der Waals surface area (Å²) in [6.45, 7) is 2.38. The van der Waals surface area contributed by atoms with E-state index in [2.05, 4.69) is 19.1 Å². The quantitative estimate of drug-likeness (QED) is 0.845. The van der Waals surface area contributed by atoms with Gasteiger partial charge in [0.15, 0.2) is 0 Å². The van der Waals surface area contributed by atoms with Gasteiger partial charge in [-0.1, -0.05) is 18.6 Å². The van der Waals surface area contributed by atoms with Gasteiger partial charge >= 0.3 is 0 Å². The van der Waals surface area contributed by atoms with Crippen molar-refractivity contribution in [1.29, 1.82) is 0 Å². The average molecular weight is 220 g/mol. The zero-order valence-electron chi connectivity index (χ0n) is 10.1. The first-order valence-corrected chi connectivity index (χ1v) is 5.93. The van der Waals surface area contributed by atoms with E-state index in [0.717, 1.165) is 25.0 Å². The lowest BCUT2D eigenvalue weighted by Gasteiger charge is -2.40. The van der Waals surface area contributed by atoms with Gasteiger partial charge in [-0.2, -0.15) is 0 Å². The SMILES string of the molecule is COc1ccc(CC2(CO)CCC2)cc1C. The van der Waals surface area contributed by atoms with E-state index in [-0.39, 0.29) is 5.41 Å². The standard InChI is InChI=1S/C14H20O2/c1-11-8-12(4-5-13(11)16-2)9-14(10-15)6-3-7-14/h4-5,8,15H,3,6-7,9-10H2,1-2H3. The van der Waals surface area contributed by atoms with Crippen molar-refractivity contribution in [2.45, 2.75) is 32.6 Å². The number of hydrogen-bond acceptors (Lipinski definition) is 2. The maximum atomic E-state index is 9.44. The van der Waals surface area contributed by atoms with Crippen molar-refractivity contribution in [2.24, 2.45) is 5.41 Å². The van der Waals surface area contributed by atoms with Crippen LogP contribution in [0.2, 0.25) is 0 Å². The number of rotatable bonds is 4. The summed E-state index contributed by atoms with van der Waals surface area (Å²) < 4.78 is 5.25. The number of benzene rings is 1. The van der Waals surface area contributed by atoms with E-state index in [1.165, 1.54) is 17.5 Å². The van der Waals surface area contributed by atoms with E-state index < -0.39 is 0 Å². The van der Waals surface area contributed by atoms with Crippen LogP contribution in [-0.4, -0.2) is 18.8 Å². The Kier molecular flexibility index (Phi) is 3.20. The minimum Gasteiger partial charge on any atom is -0.496 e. The van der Waals surface area contributed by atoms with Crippen molar-refractivity contribution in [3.8, 4) is 5.75 Å². The third-order valence-corrected chi connectivity index (χ3v) is 3.79. The zero-order valence-corrected chi connectivity index (χ0v) is 10.1. The molecule has 0 aliphatic heterocycles. The molecule has 0 aromatic heterocycles. The van der Waals surface area contributed by atoms with E-state index in [0.29, 0.717) is 6.61 Å². The van der Waals surface area contributed by atoms with E-state index in [1.807, 2.05) is 6.07 Å². The Hall–Kier alpha value is -1.02. The Balaban J connectivity index is 2.13. The fraction of sp³-hybridized carbons (Fsp3) is 0.571. The predicted octanol–water partition coefficient (Wildman–Crippen LogP) is 2.71. The summed E-state index contributed by atoms with van der Waals surface area (Å²) in [6, 6.07) is 6.31. The van der Waals surface area contributed by atoms with Crippen molar-refractivity contribution < 1.29 is 9.84 Å². The van der Waals surface area contributed by atoms with Gasteiger partial charge in [-0.15, -0.1) is 0 Å². The molecule has 0 bridgehead atoms. The summed E-state index contributed by atoms with van der Waals surface area (Å²) in [5, 5.41) is 9.44. The van der Waals surface area contributed by atoms with Crippen LogP contribution in [0.1, 0.15) is 30.4 Å². The molecule has 0 unspecified atom stereocenters. The normalized spacial score (nSPS) is 17.9. The Labute approximate surface area is 97.3 Å². The van der Waals surface area contributed by atoms with Gasteiger partial charge in [-0.25, -0.2) is 0 Å². The first kappa shape index (κ1) is 11.5. The summed E-state index contributed by atoms with van der Waals surface area (Å²) in [5.41, 5.74) is 2.65. The first-order valence-electron chi connectivity index (χ1n) is 5.93. The van der Waals surface area contributed by atoms with Gasteiger partial charge < -0.3 is 9.84 Å². The lowest BCUT2D eigenvalue weighted by molar-refractivity contribution is 0.0450. The van der Waals surface area contributed by atoms with E-state index >= 15 is 0 Å². The Morgan fingerprint density at radius 1 is 1.38 bits per heavy atom. The highest BCUT2D eigenvalue weighted by Crippen LogP contribution is 2.43. The number of aliphatic hydroxyl groups is 1. The van der Waals surface area contributed by atoms with Crippen LogP contribution >= 0.6 is 0 Å². The molecule has 2 nitrogen and oxygen atoms in total. The zero-order chi connectivity index (χ0) is 11.6. The molecular formula is C14H20O2. The topological polar surface area (TPSA) is 29.5 Å². The third-order valence-electron chi connectivity index (χ3n) is 3.79. The fourth-order valence-corrected chi connectivity index (χ4v) is 2.55. The molecule has 2 heteroatoms. The van der Waals surface area contributed by atoms with Crippen LogP contribution in [0.25, 0.3) is 0 Å². The molecule has 1 saturated carbocycles. The van der Waals surface area contributed by atoms with Crippen molar-refractivity contribution in [3.05, 3.63) is 29.3 Å². The van der Waals surface area contributed by atoms with E-state index in [1.54, 1.807) is 7.11 Å². The first-order chi connectivity index (χ1) is 7.69. The molecule has 0 heterocycles. The maximum Gasteiger partial charge on any atom is 0.121 e. The third kappa shape index (κ3) is 2.07. The second-order valence-corrected chi connectivity index (χ2v) is 4.99. The van der Waals surface area contributed by atoms with Gasteiger partial charge in [0, 0.05) is 6.61 Å². The molecular weight excluding hydrogens is 200 g/mol. The molecule has 0 radical (unpaired) electrons. The van der Waals surface area contributed by atoms with Gasteiger partial charge in [0.25, 0.3) is 0 Å². The monoisotopic (exact) mass is 220 g/mol. The highest BCUT2D eigenvalue weighted by Gasteiger charge is 2.36. The van der Waals surface area contributed by atoms with Gasteiger partial charge in [-0.3, -0.25) is 0 Å². The number of hydrogen-bond donors (Lipinski definition) is 1. The van der Waals surface area contributed by atoms with Crippen molar-refractivity contribution >= 4 is 0 Å². The highest BCUT2D eigenvalue weighted by molar-refractivity contribution is 5.36. The average Bonchev–Trinajstić information content (AvgIpc) is 2.24.